The molecule has 1 aromatic heterocycles. The molecule has 0 unspecified atom stereocenters. The van der Waals surface area contributed by atoms with Crippen LogP contribution in [0.4, 0.5) is 5.69 Å². The van der Waals surface area contributed by atoms with Gasteiger partial charge in [0.05, 0.1) is 5.60 Å². The zero-order valence-corrected chi connectivity index (χ0v) is 36.6. The van der Waals surface area contributed by atoms with Gasteiger partial charge in [0.1, 0.15) is 6.04 Å². The zero-order valence-electron chi connectivity index (χ0n) is 36.6. The van der Waals surface area contributed by atoms with E-state index in [4.69, 9.17) is 20.2 Å². The summed E-state index contributed by atoms with van der Waals surface area (Å²) in [6.07, 6.45) is 5.31. The molecule has 2 amide bonds. The van der Waals surface area contributed by atoms with Crippen LogP contribution in [-0.2, 0) is 26.4 Å². The highest BCUT2D eigenvalue weighted by atomic mass is 16.7. The van der Waals surface area contributed by atoms with Gasteiger partial charge < -0.3 is 10.2 Å². The fourth-order valence-electron chi connectivity index (χ4n) is 9.33. The van der Waals surface area contributed by atoms with Crippen LogP contribution in [0.15, 0.2) is 140 Å². The Hall–Kier alpha value is -5.97. The van der Waals surface area contributed by atoms with Crippen LogP contribution in [0, 0.1) is 5.92 Å². The number of rotatable bonds is 13. The molecule has 0 saturated heterocycles. The third-order valence-corrected chi connectivity index (χ3v) is 12.3. The minimum Gasteiger partial charge on any atom is -0.344 e. The molecule has 6 aromatic rings. The summed E-state index contributed by atoms with van der Waals surface area (Å²) < 4.78 is 0. The molecular weight excluding hydrogens is 771 g/mol. The predicted octanol–water partition coefficient (Wildman–Crippen LogP) is 9.41. The number of fused-ring (bicyclic) bond motifs is 1. The summed E-state index contributed by atoms with van der Waals surface area (Å²) in [6, 6.07) is 47.3. The molecule has 1 aliphatic heterocycles. The third-order valence-electron chi connectivity index (χ3n) is 12.3. The minimum atomic E-state index is -0.859. The van der Waals surface area contributed by atoms with Crippen molar-refractivity contribution in [2.24, 2.45) is 5.92 Å². The van der Waals surface area contributed by atoms with E-state index in [1.54, 1.807) is 4.80 Å². The van der Waals surface area contributed by atoms with Gasteiger partial charge in [0.15, 0.2) is 5.54 Å². The van der Waals surface area contributed by atoms with E-state index in [1.165, 1.54) is 5.56 Å². The maximum absolute atomic E-state index is 14.4. The van der Waals surface area contributed by atoms with Crippen LogP contribution < -0.4 is 15.7 Å². The molecule has 0 bridgehead atoms. The van der Waals surface area contributed by atoms with Gasteiger partial charge in [-0.15, -0.1) is 15.0 Å². The first kappa shape index (κ1) is 42.7. The Morgan fingerprint density at radius 3 is 1.89 bits per heavy atom. The van der Waals surface area contributed by atoms with Gasteiger partial charge in [-0.25, -0.2) is 0 Å². The monoisotopic (exact) mass is 829 g/mol. The van der Waals surface area contributed by atoms with Gasteiger partial charge in [-0.3, -0.25) is 14.4 Å². The fraction of sp³-hybridized carbons (Fsp3) is 0.365. The molecule has 1 fully saturated rings. The summed E-state index contributed by atoms with van der Waals surface area (Å²) in [5.74, 6) is 0.985. The minimum absolute atomic E-state index is 0.0424. The lowest BCUT2D eigenvalue weighted by Gasteiger charge is -2.35. The summed E-state index contributed by atoms with van der Waals surface area (Å²) >= 11 is 0. The lowest BCUT2D eigenvalue weighted by Crippen LogP contribution is -2.52. The van der Waals surface area contributed by atoms with Crippen molar-refractivity contribution in [1.29, 1.82) is 0 Å². The summed E-state index contributed by atoms with van der Waals surface area (Å²) in [7, 11) is 0. The van der Waals surface area contributed by atoms with E-state index in [2.05, 4.69) is 120 Å². The Morgan fingerprint density at radius 1 is 0.710 bits per heavy atom. The average Bonchev–Trinajstić information content (AvgIpc) is 3.74. The lowest BCUT2D eigenvalue weighted by molar-refractivity contribution is -0.134. The number of nitrogens with one attached hydrogen (secondary N) is 2. The molecule has 0 spiro atoms. The van der Waals surface area contributed by atoms with Gasteiger partial charge in [0.2, 0.25) is 17.6 Å². The number of carbonyl (C=O) groups is 2. The van der Waals surface area contributed by atoms with E-state index in [0.29, 0.717) is 37.0 Å². The number of carbonyl (C=O) groups excluding carboxylic acids is 2. The number of benzene rings is 5. The van der Waals surface area contributed by atoms with Gasteiger partial charge >= 0.3 is 0 Å². The topological polar surface area (TPSA) is 114 Å². The van der Waals surface area contributed by atoms with E-state index in [0.717, 1.165) is 59.2 Å². The number of hydrogen-bond acceptors (Lipinski definition) is 7. The van der Waals surface area contributed by atoms with Crippen LogP contribution in [-0.4, -0.2) is 55.7 Å². The maximum Gasteiger partial charge on any atom is 0.249 e. The number of tetrazole rings is 1. The molecule has 2 N–H and O–H groups in total. The molecule has 320 valence electrons. The van der Waals surface area contributed by atoms with Crippen molar-refractivity contribution in [2.75, 3.05) is 11.4 Å². The smallest absolute Gasteiger partial charge is 0.249 e. The molecule has 10 heteroatoms. The summed E-state index contributed by atoms with van der Waals surface area (Å²) in [4.78, 5) is 37.4. The van der Waals surface area contributed by atoms with Crippen LogP contribution in [0.2, 0.25) is 0 Å². The van der Waals surface area contributed by atoms with E-state index < -0.39 is 22.7 Å². The number of hydroxylamine groups is 1. The van der Waals surface area contributed by atoms with Crippen molar-refractivity contribution in [3.8, 4) is 11.4 Å². The van der Waals surface area contributed by atoms with Gasteiger partial charge in [-0.1, -0.05) is 133 Å². The van der Waals surface area contributed by atoms with Crippen LogP contribution >= 0.6 is 0 Å². The first-order valence-corrected chi connectivity index (χ1v) is 22.1. The van der Waals surface area contributed by atoms with Crippen LogP contribution in [0.25, 0.3) is 11.4 Å². The molecule has 1 saturated carbocycles. The second-order valence-corrected chi connectivity index (χ2v) is 18.6. The number of hydrogen-bond donors (Lipinski definition) is 2. The zero-order chi connectivity index (χ0) is 43.3. The van der Waals surface area contributed by atoms with Crippen molar-refractivity contribution >= 4 is 17.5 Å². The lowest BCUT2D eigenvalue weighted by atomic mass is 9.77. The standard InChI is InChI=1S/C52H59N7O3/c1-50(2,3)62-56-51(4,5)35-47(60)53-45-34-33-39-19-15-18-28-46(39)58(49(45)61)36-37-29-31-38(32-30-37)43-26-16-17-27-44(43)48-54-57-59(55-48)52(40-20-9-6-10-21-40,41-22-11-7-12-23-41)42-24-13-8-14-25-42/h6-28,37-38,45,56H,29-36H2,1-5H3,(H,53,60)/t37?,38?,45-/m1/s1. The van der Waals surface area contributed by atoms with E-state index >= 15 is 0 Å². The number of aromatic nitrogens is 4. The van der Waals surface area contributed by atoms with Gasteiger partial charge in [-0.05, 0) is 124 Å². The molecule has 62 heavy (non-hydrogen) atoms. The number of aryl methyl sites for hydroxylation is 1. The number of amides is 2. The molecule has 2 heterocycles. The van der Waals surface area contributed by atoms with Crippen LogP contribution in [0.5, 0.6) is 0 Å². The fourth-order valence-corrected chi connectivity index (χ4v) is 9.33. The Kier molecular flexibility index (Phi) is 12.5. The highest BCUT2D eigenvalue weighted by Crippen LogP contribution is 2.43. The van der Waals surface area contributed by atoms with E-state index in [1.807, 2.05) is 69.9 Å². The quantitative estimate of drug-likeness (QED) is 0.0881. The SMILES string of the molecule is CC(C)(CC(=O)N[C@@H]1CCc2ccccc2N(CC2CCC(c3ccccc3-c3nnn(C(c4ccccc4)(c4ccccc4)c4ccccc4)n3)CC2)C1=O)NOC(C)(C)C. The molecule has 1 atom stereocenters. The molecule has 5 aromatic carbocycles. The van der Waals surface area contributed by atoms with E-state index in [9.17, 15) is 9.59 Å². The summed E-state index contributed by atoms with van der Waals surface area (Å²) in [6.45, 7) is 10.3. The molecular formula is C52H59N7O3. The van der Waals surface area contributed by atoms with Crippen molar-refractivity contribution in [3.05, 3.63) is 167 Å². The highest BCUT2D eigenvalue weighted by Gasteiger charge is 2.42. The van der Waals surface area contributed by atoms with E-state index in [-0.39, 0.29) is 18.2 Å². The Morgan fingerprint density at radius 2 is 1.27 bits per heavy atom. The van der Waals surface area contributed by atoms with Crippen LogP contribution in [0.3, 0.4) is 0 Å². The number of para-hydroxylation sites is 1. The van der Waals surface area contributed by atoms with Crippen molar-refractivity contribution in [3.63, 3.8) is 0 Å². The van der Waals surface area contributed by atoms with Gasteiger partial charge in [-0.2, -0.15) is 5.48 Å². The van der Waals surface area contributed by atoms with Gasteiger partial charge in [0, 0.05) is 29.8 Å². The van der Waals surface area contributed by atoms with Crippen molar-refractivity contribution in [1.82, 2.24) is 31.0 Å². The summed E-state index contributed by atoms with van der Waals surface area (Å²) in [5.41, 5.74) is 8.59. The summed E-state index contributed by atoms with van der Waals surface area (Å²) in [5, 5.41) is 18.0. The average molecular weight is 830 g/mol. The van der Waals surface area contributed by atoms with Crippen molar-refractivity contribution < 1.29 is 14.4 Å². The predicted molar refractivity (Wildman–Crippen MR) is 244 cm³/mol. The van der Waals surface area contributed by atoms with Crippen molar-refractivity contribution in [2.45, 2.75) is 108 Å². The Bertz CT molecular complexity index is 2340. The Labute approximate surface area is 366 Å². The number of nitrogens with zero attached hydrogens (tertiary/aromatic N) is 5. The number of anilines is 1. The van der Waals surface area contributed by atoms with Crippen LogP contribution in [0.1, 0.15) is 107 Å². The molecule has 0 radical (unpaired) electrons. The second kappa shape index (κ2) is 18.2. The Balaban J connectivity index is 1.01. The molecule has 8 rings (SSSR count). The first-order valence-electron chi connectivity index (χ1n) is 22.1. The normalized spacial score (nSPS) is 18.5. The second-order valence-electron chi connectivity index (χ2n) is 18.6. The largest absolute Gasteiger partial charge is 0.344 e. The molecule has 1 aliphatic carbocycles. The van der Waals surface area contributed by atoms with Gasteiger partial charge in [0.25, 0.3) is 0 Å². The molecule has 10 nitrogen and oxygen atoms in total. The highest BCUT2D eigenvalue weighted by molar-refractivity contribution is 6.00. The third kappa shape index (κ3) is 9.27. The first-order chi connectivity index (χ1) is 29.9. The molecule has 2 aliphatic rings. The maximum atomic E-state index is 14.4.